The summed E-state index contributed by atoms with van der Waals surface area (Å²) >= 11 is 10.3. The lowest BCUT2D eigenvalue weighted by Gasteiger charge is -2.12. The van der Waals surface area contributed by atoms with Gasteiger partial charge in [0.15, 0.2) is 0 Å². The van der Waals surface area contributed by atoms with Crippen molar-refractivity contribution in [2.24, 2.45) is 0 Å². The van der Waals surface area contributed by atoms with Gasteiger partial charge in [0.05, 0.1) is 14.5 Å². The molecule has 108 valence electrons. The first-order valence-electron chi connectivity index (χ1n) is 6.01. The zero-order chi connectivity index (χ0) is 15.2. The minimum atomic E-state index is 0.355. The maximum Gasteiger partial charge on any atom is 0.147 e. The molecule has 0 saturated carbocycles. The topological polar surface area (TPSA) is 42.2 Å². The molecule has 0 N–H and O–H groups in total. The molecule has 0 aliphatic carbocycles. The van der Waals surface area contributed by atoms with Crippen molar-refractivity contribution < 1.29 is 9.47 Å². The predicted molar refractivity (Wildman–Crippen MR) is 91.7 cm³/mol. The molecule has 3 nitrogen and oxygen atoms in total. The van der Waals surface area contributed by atoms with E-state index < -0.39 is 0 Å². The van der Waals surface area contributed by atoms with Crippen molar-refractivity contribution in [1.29, 1.82) is 5.26 Å². The van der Waals surface area contributed by atoms with Crippen LogP contribution in [0.15, 0.2) is 49.8 Å². The second-order valence-corrected chi connectivity index (χ2v) is 6.63. The van der Waals surface area contributed by atoms with E-state index in [0.717, 1.165) is 19.2 Å². The number of rotatable bonds is 5. The fraction of sp³-hybridized carbons (Fsp3) is 0.133. The molecule has 0 aromatic heterocycles. The van der Waals surface area contributed by atoms with Gasteiger partial charge in [-0.15, -0.1) is 0 Å². The summed E-state index contributed by atoms with van der Waals surface area (Å²) in [7, 11) is 0. The highest BCUT2D eigenvalue weighted by Gasteiger charge is 2.08. The summed E-state index contributed by atoms with van der Waals surface area (Å²) in [5.74, 6) is 1.29. The Bertz CT molecular complexity index is 660. The maximum absolute atomic E-state index is 8.97. The largest absolute Gasteiger partial charge is 0.489 e. The van der Waals surface area contributed by atoms with Gasteiger partial charge in [-0.05, 0) is 56.1 Å². The van der Waals surface area contributed by atoms with Crippen LogP contribution in [0.3, 0.4) is 0 Å². The van der Waals surface area contributed by atoms with Crippen LogP contribution < -0.4 is 9.47 Å². The average Bonchev–Trinajstić information content (AvgIpc) is 2.45. The number of hydrogen-bond acceptors (Lipinski definition) is 3. The van der Waals surface area contributed by atoms with Crippen LogP contribution in [-0.2, 0) is 0 Å². The molecule has 0 aliphatic rings. The summed E-state index contributed by atoms with van der Waals surface area (Å²) < 4.78 is 13.9. The van der Waals surface area contributed by atoms with Crippen LogP contribution in [0.25, 0.3) is 0 Å². The first-order valence-corrected chi connectivity index (χ1v) is 8.39. The third-order valence-electron chi connectivity index (χ3n) is 2.56. The van der Waals surface area contributed by atoms with E-state index in [1.54, 1.807) is 18.2 Å². The molecule has 0 heterocycles. The minimum Gasteiger partial charge on any atom is -0.489 e. The molecule has 0 aliphatic heterocycles. The first-order chi connectivity index (χ1) is 10.1. The van der Waals surface area contributed by atoms with Crippen molar-refractivity contribution in [1.82, 2.24) is 0 Å². The Morgan fingerprint density at radius 3 is 2.24 bits per heavy atom. The predicted octanol–water partition coefficient (Wildman–Crippen LogP) is 5.30. The number of ether oxygens (including phenoxy) is 2. The molecular weight excluding hydrogens is 466 g/mol. The van der Waals surface area contributed by atoms with Crippen molar-refractivity contribution >= 4 is 47.8 Å². The molecule has 0 atom stereocenters. The van der Waals surface area contributed by atoms with Crippen LogP contribution in [0.4, 0.5) is 0 Å². The van der Waals surface area contributed by atoms with Crippen molar-refractivity contribution in [3.63, 3.8) is 0 Å². The second kappa shape index (κ2) is 7.83. The molecule has 0 unspecified atom stereocenters. The molecule has 0 fully saturated rings. The monoisotopic (exact) mass is 473 g/mol. The zero-order valence-corrected chi connectivity index (χ0v) is 15.5. The quantitative estimate of drug-likeness (QED) is 0.551. The van der Waals surface area contributed by atoms with E-state index in [1.165, 1.54) is 0 Å². The number of para-hydroxylation sites is 1. The smallest absolute Gasteiger partial charge is 0.147 e. The van der Waals surface area contributed by atoms with Gasteiger partial charge in [0.25, 0.3) is 0 Å². The fourth-order valence-corrected chi connectivity index (χ4v) is 4.13. The van der Waals surface area contributed by atoms with Crippen molar-refractivity contribution in [3.05, 3.63) is 55.4 Å². The molecule has 2 rings (SSSR count). The summed E-state index contributed by atoms with van der Waals surface area (Å²) in [5, 5.41) is 8.97. The van der Waals surface area contributed by atoms with Crippen LogP contribution in [0.1, 0.15) is 5.56 Å². The molecule has 0 saturated heterocycles. The van der Waals surface area contributed by atoms with Crippen molar-refractivity contribution in [2.75, 3.05) is 13.2 Å². The molecule has 0 amide bonds. The van der Waals surface area contributed by atoms with Crippen LogP contribution in [0.2, 0.25) is 0 Å². The lowest BCUT2D eigenvalue weighted by molar-refractivity contribution is 0.215. The van der Waals surface area contributed by atoms with Crippen LogP contribution >= 0.6 is 47.8 Å². The Hall–Kier alpha value is -1.03. The van der Waals surface area contributed by atoms with E-state index in [9.17, 15) is 0 Å². The van der Waals surface area contributed by atoms with Gasteiger partial charge in [0.2, 0.25) is 0 Å². The van der Waals surface area contributed by atoms with Crippen LogP contribution in [0, 0.1) is 11.3 Å². The normalized spacial score (nSPS) is 10.0. The van der Waals surface area contributed by atoms with Crippen molar-refractivity contribution in [3.8, 4) is 17.6 Å². The highest BCUT2D eigenvalue weighted by atomic mass is 79.9. The van der Waals surface area contributed by atoms with Gasteiger partial charge in [0, 0.05) is 4.47 Å². The number of benzene rings is 2. The van der Waals surface area contributed by atoms with Gasteiger partial charge >= 0.3 is 0 Å². The second-order valence-electron chi connectivity index (χ2n) is 4.00. The Morgan fingerprint density at radius 1 is 0.952 bits per heavy atom. The van der Waals surface area contributed by atoms with E-state index in [0.29, 0.717) is 24.5 Å². The molecule has 0 radical (unpaired) electrons. The lowest BCUT2D eigenvalue weighted by atomic mass is 10.2. The fourth-order valence-electron chi connectivity index (χ4n) is 1.65. The highest BCUT2D eigenvalue weighted by Crippen LogP contribution is 2.36. The van der Waals surface area contributed by atoms with E-state index >= 15 is 0 Å². The number of nitrogens with zero attached hydrogens (tertiary/aromatic N) is 1. The molecule has 6 heteroatoms. The SMILES string of the molecule is N#Cc1ccccc1OCCOc1c(Br)cc(Br)cc1Br. The summed E-state index contributed by atoms with van der Waals surface area (Å²) in [6, 6.07) is 13.0. The van der Waals surface area contributed by atoms with Crippen LogP contribution in [-0.4, -0.2) is 13.2 Å². The lowest BCUT2D eigenvalue weighted by Crippen LogP contribution is -2.10. The third-order valence-corrected chi connectivity index (χ3v) is 4.19. The van der Waals surface area contributed by atoms with Crippen LogP contribution in [0.5, 0.6) is 11.5 Å². The maximum atomic E-state index is 8.97. The summed E-state index contributed by atoms with van der Waals surface area (Å²) in [4.78, 5) is 0. The average molecular weight is 476 g/mol. The van der Waals surface area contributed by atoms with Gasteiger partial charge < -0.3 is 9.47 Å². The summed E-state index contributed by atoms with van der Waals surface area (Å²) in [6.45, 7) is 0.728. The Labute approximate surface area is 148 Å². The van der Waals surface area contributed by atoms with Gasteiger partial charge in [-0.1, -0.05) is 28.1 Å². The van der Waals surface area contributed by atoms with E-state index in [2.05, 4.69) is 53.9 Å². The van der Waals surface area contributed by atoms with Gasteiger partial charge in [0.1, 0.15) is 30.8 Å². The Kier molecular flexibility index (Phi) is 6.09. The number of halogens is 3. The van der Waals surface area contributed by atoms with Gasteiger partial charge in [-0.2, -0.15) is 5.26 Å². The number of nitriles is 1. The van der Waals surface area contributed by atoms with E-state index in [-0.39, 0.29) is 0 Å². The molecule has 2 aromatic rings. The zero-order valence-electron chi connectivity index (χ0n) is 10.8. The summed E-state index contributed by atoms with van der Waals surface area (Å²) in [5.41, 5.74) is 0.517. The highest BCUT2D eigenvalue weighted by molar-refractivity contribution is 9.11. The summed E-state index contributed by atoms with van der Waals surface area (Å²) in [6.07, 6.45) is 0. The molecule has 0 bridgehead atoms. The standard InChI is InChI=1S/C15H10Br3NO2/c16-11-7-12(17)15(13(18)8-11)21-6-5-20-14-4-2-1-3-10(14)9-19/h1-4,7-8H,5-6H2. The molecule has 21 heavy (non-hydrogen) atoms. The third kappa shape index (κ3) is 4.47. The molecule has 2 aromatic carbocycles. The first kappa shape index (κ1) is 16.3. The Morgan fingerprint density at radius 2 is 1.57 bits per heavy atom. The van der Waals surface area contributed by atoms with E-state index in [1.807, 2.05) is 18.2 Å². The minimum absolute atomic E-state index is 0.355. The Balaban J connectivity index is 1.93. The molecule has 0 spiro atoms. The van der Waals surface area contributed by atoms with Gasteiger partial charge in [-0.25, -0.2) is 0 Å². The van der Waals surface area contributed by atoms with E-state index in [4.69, 9.17) is 14.7 Å². The number of hydrogen-bond donors (Lipinski definition) is 0. The molecular formula is C15H10Br3NO2. The van der Waals surface area contributed by atoms with Gasteiger partial charge in [-0.3, -0.25) is 0 Å². The van der Waals surface area contributed by atoms with Crippen molar-refractivity contribution in [2.45, 2.75) is 0 Å².